The highest BCUT2D eigenvalue weighted by Crippen LogP contribution is 2.31. The molecule has 2 unspecified atom stereocenters. The molecule has 0 aromatic carbocycles. The molecule has 2 heterocycles. The molecule has 2 aliphatic heterocycles. The Hall–Kier alpha value is -0.120. The maximum atomic E-state index is 9.79. The van der Waals surface area contributed by atoms with Gasteiger partial charge in [0.1, 0.15) is 0 Å². The van der Waals surface area contributed by atoms with Crippen molar-refractivity contribution in [3.05, 3.63) is 0 Å². The first-order valence-electron chi connectivity index (χ1n) is 7.72. The standard InChI is InChI=1S/C15H29NO2/c1-2-14-7-4-3-5-9-16(14)11-15(12-17)8-6-10-18-13-15/h14,17H,2-13H2,1H3. The lowest BCUT2D eigenvalue weighted by atomic mass is 9.82. The summed E-state index contributed by atoms with van der Waals surface area (Å²) in [6, 6.07) is 0.720. The number of hydrogen-bond donors (Lipinski definition) is 1. The molecule has 1 N–H and O–H groups in total. The summed E-state index contributed by atoms with van der Waals surface area (Å²) in [5.74, 6) is 0. The van der Waals surface area contributed by atoms with Crippen LogP contribution in [-0.2, 0) is 4.74 Å². The lowest BCUT2D eigenvalue weighted by Crippen LogP contribution is -2.48. The quantitative estimate of drug-likeness (QED) is 0.837. The first kappa shape index (κ1) is 14.3. The van der Waals surface area contributed by atoms with E-state index in [1.807, 2.05) is 0 Å². The van der Waals surface area contributed by atoms with E-state index in [0.717, 1.165) is 38.6 Å². The summed E-state index contributed by atoms with van der Waals surface area (Å²) in [7, 11) is 0. The number of ether oxygens (including phenoxy) is 1. The van der Waals surface area contributed by atoms with Crippen molar-refractivity contribution in [2.24, 2.45) is 5.41 Å². The average molecular weight is 255 g/mol. The van der Waals surface area contributed by atoms with Gasteiger partial charge in [0.25, 0.3) is 0 Å². The van der Waals surface area contributed by atoms with Crippen molar-refractivity contribution in [2.75, 3.05) is 32.9 Å². The van der Waals surface area contributed by atoms with Crippen molar-refractivity contribution in [3.8, 4) is 0 Å². The first-order valence-corrected chi connectivity index (χ1v) is 7.72. The van der Waals surface area contributed by atoms with Crippen LogP contribution >= 0.6 is 0 Å². The summed E-state index contributed by atoms with van der Waals surface area (Å²) < 4.78 is 5.63. The molecule has 0 amide bonds. The Labute approximate surface area is 112 Å². The van der Waals surface area contributed by atoms with Gasteiger partial charge in [-0.25, -0.2) is 0 Å². The molecule has 0 radical (unpaired) electrons. The van der Waals surface area contributed by atoms with Crippen LogP contribution in [-0.4, -0.2) is 49.0 Å². The van der Waals surface area contributed by atoms with E-state index in [-0.39, 0.29) is 12.0 Å². The van der Waals surface area contributed by atoms with Gasteiger partial charge < -0.3 is 9.84 Å². The fourth-order valence-electron chi connectivity index (χ4n) is 3.55. The Morgan fingerprint density at radius 2 is 2.17 bits per heavy atom. The molecule has 0 bridgehead atoms. The smallest absolute Gasteiger partial charge is 0.0556 e. The normalized spacial score (nSPS) is 35.3. The zero-order valence-electron chi connectivity index (χ0n) is 11.9. The van der Waals surface area contributed by atoms with Crippen LogP contribution in [0.3, 0.4) is 0 Å². The van der Waals surface area contributed by atoms with E-state index < -0.39 is 0 Å². The van der Waals surface area contributed by atoms with E-state index in [4.69, 9.17) is 4.74 Å². The lowest BCUT2D eigenvalue weighted by molar-refractivity contribution is -0.0609. The zero-order valence-corrected chi connectivity index (χ0v) is 11.9. The second kappa shape index (κ2) is 6.88. The van der Waals surface area contributed by atoms with E-state index in [0.29, 0.717) is 0 Å². The fraction of sp³-hybridized carbons (Fsp3) is 1.00. The summed E-state index contributed by atoms with van der Waals surface area (Å²) in [6.45, 7) is 6.43. The Kier molecular flexibility index (Phi) is 5.46. The molecular formula is C15H29NO2. The number of nitrogens with zero attached hydrogens (tertiary/aromatic N) is 1. The SMILES string of the molecule is CCC1CCCCCN1CC1(CO)CCCOC1. The van der Waals surface area contributed by atoms with Gasteiger partial charge in [-0.1, -0.05) is 19.8 Å². The van der Waals surface area contributed by atoms with Gasteiger partial charge in [0.05, 0.1) is 13.2 Å². The predicted molar refractivity (Wildman–Crippen MR) is 73.7 cm³/mol. The minimum atomic E-state index is 0.00993. The monoisotopic (exact) mass is 255 g/mol. The van der Waals surface area contributed by atoms with Gasteiger partial charge >= 0.3 is 0 Å². The first-order chi connectivity index (χ1) is 8.79. The van der Waals surface area contributed by atoms with E-state index in [2.05, 4.69) is 11.8 Å². The highest BCUT2D eigenvalue weighted by atomic mass is 16.5. The van der Waals surface area contributed by atoms with Crippen molar-refractivity contribution in [1.29, 1.82) is 0 Å². The second-order valence-corrected chi connectivity index (χ2v) is 6.20. The third kappa shape index (κ3) is 3.46. The molecule has 106 valence electrons. The van der Waals surface area contributed by atoms with Crippen molar-refractivity contribution in [1.82, 2.24) is 4.90 Å². The van der Waals surface area contributed by atoms with E-state index in [1.165, 1.54) is 38.6 Å². The molecule has 2 aliphatic rings. The van der Waals surface area contributed by atoms with Crippen molar-refractivity contribution < 1.29 is 9.84 Å². The second-order valence-electron chi connectivity index (χ2n) is 6.20. The molecule has 0 saturated carbocycles. The summed E-state index contributed by atoms with van der Waals surface area (Å²) in [5, 5.41) is 9.79. The number of aliphatic hydroxyl groups is 1. The number of likely N-dealkylation sites (tertiary alicyclic amines) is 1. The highest BCUT2D eigenvalue weighted by molar-refractivity contribution is 4.87. The largest absolute Gasteiger partial charge is 0.396 e. The molecule has 0 aromatic heterocycles. The summed E-state index contributed by atoms with van der Waals surface area (Å²) in [6.07, 6.45) is 8.86. The predicted octanol–water partition coefficient (Wildman–Crippen LogP) is 2.43. The van der Waals surface area contributed by atoms with Gasteiger partial charge in [-0.05, 0) is 38.6 Å². The molecule has 2 rings (SSSR count). The van der Waals surface area contributed by atoms with Crippen molar-refractivity contribution in [3.63, 3.8) is 0 Å². The summed E-state index contributed by atoms with van der Waals surface area (Å²) in [5.41, 5.74) is 0.00993. The minimum absolute atomic E-state index is 0.00993. The third-order valence-electron chi connectivity index (χ3n) is 4.75. The van der Waals surface area contributed by atoms with E-state index >= 15 is 0 Å². The molecule has 18 heavy (non-hydrogen) atoms. The molecule has 3 heteroatoms. The Morgan fingerprint density at radius 3 is 2.83 bits per heavy atom. The van der Waals surface area contributed by atoms with Crippen LogP contribution in [0.4, 0.5) is 0 Å². The molecule has 3 nitrogen and oxygen atoms in total. The van der Waals surface area contributed by atoms with E-state index in [1.54, 1.807) is 0 Å². The molecule has 2 fully saturated rings. The molecule has 0 aromatic rings. The number of aliphatic hydroxyl groups excluding tert-OH is 1. The Bertz CT molecular complexity index is 239. The van der Waals surface area contributed by atoms with Gasteiger partial charge in [0.2, 0.25) is 0 Å². The van der Waals surface area contributed by atoms with Gasteiger partial charge in [0.15, 0.2) is 0 Å². The summed E-state index contributed by atoms with van der Waals surface area (Å²) in [4.78, 5) is 2.64. The van der Waals surface area contributed by atoms with Crippen molar-refractivity contribution >= 4 is 0 Å². The molecule has 2 saturated heterocycles. The Morgan fingerprint density at radius 1 is 1.28 bits per heavy atom. The van der Waals surface area contributed by atoms with Crippen LogP contribution in [0.15, 0.2) is 0 Å². The fourth-order valence-corrected chi connectivity index (χ4v) is 3.55. The topological polar surface area (TPSA) is 32.7 Å². The molecule has 2 atom stereocenters. The zero-order chi connectivity index (χ0) is 12.8. The molecule has 0 aliphatic carbocycles. The van der Waals surface area contributed by atoms with Gasteiger partial charge in [0, 0.05) is 24.6 Å². The van der Waals surface area contributed by atoms with Crippen LogP contribution in [0.25, 0.3) is 0 Å². The van der Waals surface area contributed by atoms with Gasteiger partial charge in [-0.2, -0.15) is 0 Å². The van der Waals surface area contributed by atoms with Crippen molar-refractivity contribution in [2.45, 2.75) is 57.9 Å². The molecular weight excluding hydrogens is 226 g/mol. The van der Waals surface area contributed by atoms with Crippen LogP contribution < -0.4 is 0 Å². The van der Waals surface area contributed by atoms with Crippen LogP contribution in [0.5, 0.6) is 0 Å². The van der Waals surface area contributed by atoms with Gasteiger partial charge in [-0.3, -0.25) is 4.90 Å². The highest BCUT2D eigenvalue weighted by Gasteiger charge is 2.36. The number of hydrogen-bond acceptors (Lipinski definition) is 3. The Balaban J connectivity index is 1.99. The molecule has 0 spiro atoms. The maximum Gasteiger partial charge on any atom is 0.0556 e. The van der Waals surface area contributed by atoms with Crippen LogP contribution in [0, 0.1) is 5.41 Å². The van der Waals surface area contributed by atoms with Crippen LogP contribution in [0.2, 0.25) is 0 Å². The average Bonchev–Trinajstić information content (AvgIpc) is 2.65. The van der Waals surface area contributed by atoms with Gasteiger partial charge in [-0.15, -0.1) is 0 Å². The minimum Gasteiger partial charge on any atom is -0.396 e. The van der Waals surface area contributed by atoms with E-state index in [9.17, 15) is 5.11 Å². The maximum absolute atomic E-state index is 9.79. The number of rotatable bonds is 4. The van der Waals surface area contributed by atoms with Crippen LogP contribution in [0.1, 0.15) is 51.9 Å². The lowest BCUT2D eigenvalue weighted by Gasteiger charge is -2.41. The summed E-state index contributed by atoms with van der Waals surface area (Å²) >= 11 is 0. The third-order valence-corrected chi connectivity index (χ3v) is 4.75.